The van der Waals surface area contributed by atoms with E-state index in [-0.39, 0.29) is 0 Å². The Morgan fingerprint density at radius 3 is 2.35 bits per heavy atom. The average molecular weight is 274 g/mol. The number of benzene rings is 1. The Bertz CT molecular complexity index is 437. The molecular formula is C18H30N2. The summed E-state index contributed by atoms with van der Waals surface area (Å²) in [5, 5.41) is 3.23. The van der Waals surface area contributed by atoms with Crippen LogP contribution in [0, 0.1) is 18.3 Å². The summed E-state index contributed by atoms with van der Waals surface area (Å²) in [7, 11) is 2.00. The van der Waals surface area contributed by atoms with Gasteiger partial charge in [-0.3, -0.25) is 0 Å². The summed E-state index contributed by atoms with van der Waals surface area (Å²) in [5.74, 6) is 0.864. The largest absolute Gasteiger partial charge is 0.372 e. The van der Waals surface area contributed by atoms with Gasteiger partial charge in [0.1, 0.15) is 0 Å². The first-order chi connectivity index (χ1) is 9.41. The molecule has 20 heavy (non-hydrogen) atoms. The van der Waals surface area contributed by atoms with E-state index in [9.17, 15) is 0 Å². The lowest BCUT2D eigenvalue weighted by Crippen LogP contribution is -2.38. The fourth-order valence-electron chi connectivity index (χ4n) is 3.27. The lowest BCUT2D eigenvalue weighted by Gasteiger charge is -2.40. The maximum Gasteiger partial charge on any atom is 0.0369 e. The van der Waals surface area contributed by atoms with Crippen molar-refractivity contribution in [2.75, 3.05) is 25.0 Å². The second-order valence-corrected chi connectivity index (χ2v) is 7.27. The van der Waals surface area contributed by atoms with Crippen molar-refractivity contribution in [1.29, 1.82) is 0 Å². The van der Waals surface area contributed by atoms with Gasteiger partial charge in [-0.15, -0.1) is 0 Å². The molecule has 1 aliphatic heterocycles. The fourth-order valence-corrected chi connectivity index (χ4v) is 3.27. The van der Waals surface area contributed by atoms with Crippen LogP contribution >= 0.6 is 0 Å². The van der Waals surface area contributed by atoms with Crippen LogP contribution in [0.3, 0.4) is 0 Å². The minimum atomic E-state index is 0.457. The molecule has 0 atom stereocenters. The molecule has 1 heterocycles. The monoisotopic (exact) mass is 274 g/mol. The Morgan fingerprint density at radius 1 is 1.20 bits per heavy atom. The highest BCUT2D eigenvalue weighted by atomic mass is 15.1. The minimum Gasteiger partial charge on any atom is -0.372 e. The van der Waals surface area contributed by atoms with Gasteiger partial charge in [-0.1, -0.05) is 26.8 Å². The van der Waals surface area contributed by atoms with Gasteiger partial charge in [-0.25, -0.2) is 0 Å². The summed E-state index contributed by atoms with van der Waals surface area (Å²) in [6.45, 7) is 12.7. The number of hydrogen-bond acceptors (Lipinski definition) is 2. The summed E-state index contributed by atoms with van der Waals surface area (Å²) in [4.78, 5) is 2.55. The van der Waals surface area contributed by atoms with E-state index >= 15 is 0 Å². The SMILES string of the molecule is CNCc1ccc(N2CCC(C(C)(C)C)CC2)cc1C. The van der Waals surface area contributed by atoms with E-state index in [0.717, 1.165) is 12.5 Å². The topological polar surface area (TPSA) is 15.3 Å². The third kappa shape index (κ3) is 3.54. The maximum absolute atomic E-state index is 3.23. The summed E-state index contributed by atoms with van der Waals surface area (Å²) in [6, 6.07) is 6.91. The fraction of sp³-hybridized carbons (Fsp3) is 0.667. The van der Waals surface area contributed by atoms with Crippen molar-refractivity contribution in [1.82, 2.24) is 5.32 Å². The summed E-state index contributed by atoms with van der Waals surface area (Å²) >= 11 is 0. The molecule has 0 aromatic heterocycles. The summed E-state index contributed by atoms with van der Waals surface area (Å²) < 4.78 is 0. The van der Waals surface area contributed by atoms with Crippen molar-refractivity contribution in [3.8, 4) is 0 Å². The van der Waals surface area contributed by atoms with Crippen LogP contribution in [0.1, 0.15) is 44.7 Å². The van der Waals surface area contributed by atoms with Gasteiger partial charge in [0.25, 0.3) is 0 Å². The van der Waals surface area contributed by atoms with E-state index in [1.54, 1.807) is 0 Å². The third-order valence-electron chi connectivity index (χ3n) is 4.78. The lowest BCUT2D eigenvalue weighted by atomic mass is 9.75. The van der Waals surface area contributed by atoms with E-state index in [1.165, 1.54) is 42.7 Å². The number of aryl methyl sites for hydroxylation is 1. The molecule has 0 amide bonds. The molecule has 0 aliphatic carbocycles. The number of nitrogens with zero attached hydrogens (tertiary/aromatic N) is 1. The molecule has 112 valence electrons. The van der Waals surface area contributed by atoms with Crippen LogP contribution < -0.4 is 10.2 Å². The first kappa shape index (κ1) is 15.4. The maximum atomic E-state index is 3.23. The lowest BCUT2D eigenvalue weighted by molar-refractivity contribution is 0.199. The van der Waals surface area contributed by atoms with Crippen LogP contribution in [0.5, 0.6) is 0 Å². The minimum absolute atomic E-state index is 0.457. The van der Waals surface area contributed by atoms with E-state index < -0.39 is 0 Å². The van der Waals surface area contributed by atoms with Gasteiger partial charge in [-0.05, 0) is 61.4 Å². The zero-order valence-electron chi connectivity index (χ0n) is 13.8. The Kier molecular flexibility index (Phi) is 4.74. The van der Waals surface area contributed by atoms with Gasteiger partial charge in [0.2, 0.25) is 0 Å². The van der Waals surface area contributed by atoms with E-state index in [0.29, 0.717) is 5.41 Å². The molecule has 1 aliphatic rings. The Balaban J connectivity index is 2.02. The van der Waals surface area contributed by atoms with E-state index in [4.69, 9.17) is 0 Å². The molecule has 1 aromatic carbocycles. The van der Waals surface area contributed by atoms with Gasteiger partial charge < -0.3 is 10.2 Å². The molecule has 1 fully saturated rings. The molecule has 0 bridgehead atoms. The number of anilines is 1. The smallest absolute Gasteiger partial charge is 0.0369 e. The number of piperidine rings is 1. The van der Waals surface area contributed by atoms with Gasteiger partial charge in [0.15, 0.2) is 0 Å². The third-order valence-corrected chi connectivity index (χ3v) is 4.78. The molecule has 0 unspecified atom stereocenters. The zero-order chi connectivity index (χ0) is 14.8. The van der Waals surface area contributed by atoms with Gasteiger partial charge in [-0.2, -0.15) is 0 Å². The molecule has 0 saturated carbocycles. The van der Waals surface area contributed by atoms with Crippen molar-refractivity contribution >= 4 is 5.69 Å². The van der Waals surface area contributed by atoms with Crippen molar-refractivity contribution in [3.05, 3.63) is 29.3 Å². The van der Waals surface area contributed by atoms with Crippen LogP contribution in [0.4, 0.5) is 5.69 Å². The summed E-state index contributed by atoms with van der Waals surface area (Å²) in [5.41, 5.74) is 4.66. The van der Waals surface area contributed by atoms with Crippen LogP contribution in [-0.2, 0) is 6.54 Å². The van der Waals surface area contributed by atoms with Crippen molar-refractivity contribution < 1.29 is 0 Å². The van der Waals surface area contributed by atoms with Crippen LogP contribution in [0.2, 0.25) is 0 Å². The standard InChI is InChI=1S/C18H30N2/c1-14-12-17(7-6-15(14)13-19-5)20-10-8-16(9-11-20)18(2,3)4/h6-7,12,16,19H,8-11,13H2,1-5H3. The molecule has 1 aromatic rings. The quantitative estimate of drug-likeness (QED) is 0.897. The number of nitrogens with one attached hydrogen (secondary N) is 1. The first-order valence-corrected chi connectivity index (χ1v) is 7.91. The van der Waals surface area contributed by atoms with Gasteiger partial charge in [0.05, 0.1) is 0 Å². The van der Waals surface area contributed by atoms with Gasteiger partial charge >= 0.3 is 0 Å². The van der Waals surface area contributed by atoms with Crippen LogP contribution in [0.15, 0.2) is 18.2 Å². The van der Waals surface area contributed by atoms with E-state index in [1.807, 2.05) is 7.05 Å². The predicted octanol–water partition coefficient (Wildman–Crippen LogP) is 3.98. The zero-order valence-corrected chi connectivity index (χ0v) is 13.8. The van der Waals surface area contributed by atoms with E-state index in [2.05, 4.69) is 56.1 Å². The van der Waals surface area contributed by atoms with Crippen LogP contribution in [-0.4, -0.2) is 20.1 Å². The first-order valence-electron chi connectivity index (χ1n) is 7.91. The highest BCUT2D eigenvalue weighted by molar-refractivity contribution is 5.51. The highest BCUT2D eigenvalue weighted by Crippen LogP contribution is 2.35. The average Bonchev–Trinajstić information content (AvgIpc) is 2.40. The van der Waals surface area contributed by atoms with Crippen molar-refractivity contribution in [3.63, 3.8) is 0 Å². The summed E-state index contributed by atoms with van der Waals surface area (Å²) in [6.07, 6.45) is 2.64. The van der Waals surface area contributed by atoms with Crippen molar-refractivity contribution in [2.24, 2.45) is 11.3 Å². The molecule has 0 radical (unpaired) electrons. The highest BCUT2D eigenvalue weighted by Gasteiger charge is 2.28. The molecule has 1 saturated heterocycles. The molecule has 1 N–H and O–H groups in total. The Morgan fingerprint density at radius 2 is 1.85 bits per heavy atom. The second kappa shape index (κ2) is 6.17. The normalized spacial score (nSPS) is 17.6. The Hall–Kier alpha value is -1.02. The van der Waals surface area contributed by atoms with Crippen molar-refractivity contribution in [2.45, 2.75) is 47.1 Å². The van der Waals surface area contributed by atoms with Crippen LogP contribution in [0.25, 0.3) is 0 Å². The molecule has 2 nitrogen and oxygen atoms in total. The van der Waals surface area contributed by atoms with Gasteiger partial charge in [0, 0.05) is 25.3 Å². The molecule has 2 rings (SSSR count). The number of hydrogen-bond donors (Lipinski definition) is 1. The predicted molar refractivity (Wildman–Crippen MR) is 88.3 cm³/mol. The molecule has 2 heteroatoms. The molecular weight excluding hydrogens is 244 g/mol. The number of rotatable bonds is 3. The molecule has 0 spiro atoms. The Labute approximate surface area is 124 Å². The second-order valence-electron chi connectivity index (χ2n) is 7.27.